The number of ether oxygens (including phenoxy) is 3. The second-order valence-corrected chi connectivity index (χ2v) is 9.32. The Morgan fingerprint density at radius 1 is 0.944 bits per heavy atom. The normalized spacial score (nSPS) is 13.7. The number of urea groups is 1. The molecule has 0 N–H and O–H groups in total. The number of halogens is 1. The van der Waals surface area contributed by atoms with Crippen molar-refractivity contribution >= 4 is 23.8 Å². The maximum absolute atomic E-state index is 14.9. The van der Waals surface area contributed by atoms with E-state index in [4.69, 9.17) is 9.47 Å². The van der Waals surface area contributed by atoms with Crippen molar-refractivity contribution in [3.05, 3.63) is 59.4 Å². The van der Waals surface area contributed by atoms with Gasteiger partial charge >= 0.3 is 18.1 Å². The van der Waals surface area contributed by atoms with Gasteiger partial charge in [0.25, 0.3) is 0 Å². The van der Waals surface area contributed by atoms with Crippen molar-refractivity contribution in [2.24, 2.45) is 0 Å². The molecule has 3 rings (SSSR count). The zero-order chi connectivity index (χ0) is 26.5. The second kappa shape index (κ2) is 11.3. The molecule has 10 heteroatoms. The molecule has 0 radical (unpaired) electrons. The molecule has 0 aliphatic carbocycles. The van der Waals surface area contributed by atoms with Gasteiger partial charge in [-0.2, -0.15) is 0 Å². The van der Waals surface area contributed by atoms with Crippen LogP contribution < -0.4 is 9.64 Å². The summed E-state index contributed by atoms with van der Waals surface area (Å²) in [6, 6.07) is 10.5. The number of amides is 3. The summed E-state index contributed by atoms with van der Waals surface area (Å²) in [5, 5.41) is 0. The highest BCUT2D eigenvalue weighted by molar-refractivity contribution is 5.92. The van der Waals surface area contributed by atoms with E-state index >= 15 is 0 Å². The molecule has 0 saturated carbocycles. The third-order valence-electron chi connectivity index (χ3n) is 5.62. The standard InChI is InChI=1S/C26H32FN3O6/c1-26(2,3)36-25(33)29-14-12-28(13-15-29)24(32)30(20-8-10-21(34-4)11-9-20)17-19-7-6-18(16-22(19)27)23(31)35-5/h6-11,16H,12-15,17H2,1-5H3. The number of carbonyl (C=O) groups is 3. The van der Waals surface area contributed by atoms with Gasteiger partial charge in [0.15, 0.2) is 0 Å². The Balaban J connectivity index is 1.80. The number of rotatable bonds is 5. The molecule has 2 aromatic carbocycles. The molecule has 0 bridgehead atoms. The van der Waals surface area contributed by atoms with Crippen molar-refractivity contribution in [2.75, 3.05) is 45.3 Å². The van der Waals surface area contributed by atoms with E-state index in [2.05, 4.69) is 4.74 Å². The smallest absolute Gasteiger partial charge is 0.410 e. The molecule has 1 saturated heterocycles. The highest BCUT2D eigenvalue weighted by Gasteiger charge is 2.30. The minimum atomic E-state index is -0.647. The second-order valence-electron chi connectivity index (χ2n) is 9.32. The van der Waals surface area contributed by atoms with Crippen molar-refractivity contribution in [1.29, 1.82) is 0 Å². The van der Waals surface area contributed by atoms with Crippen LogP contribution in [-0.2, 0) is 16.0 Å². The zero-order valence-corrected chi connectivity index (χ0v) is 21.2. The van der Waals surface area contributed by atoms with Crippen LogP contribution in [0.4, 0.5) is 19.7 Å². The number of methoxy groups -OCH3 is 2. The summed E-state index contributed by atoms with van der Waals surface area (Å²) in [6.07, 6.45) is -0.422. The van der Waals surface area contributed by atoms with Crippen LogP contribution in [0.25, 0.3) is 0 Å². The molecule has 3 amide bonds. The van der Waals surface area contributed by atoms with Crippen molar-refractivity contribution in [3.8, 4) is 5.75 Å². The van der Waals surface area contributed by atoms with Crippen LogP contribution in [-0.4, -0.2) is 73.9 Å². The fourth-order valence-electron chi connectivity index (χ4n) is 3.70. The molecule has 1 aliphatic rings. The molecule has 9 nitrogen and oxygen atoms in total. The lowest BCUT2D eigenvalue weighted by molar-refractivity contribution is 0.0172. The molecule has 1 heterocycles. The lowest BCUT2D eigenvalue weighted by atomic mass is 10.1. The SMILES string of the molecule is COC(=O)c1ccc(CN(C(=O)N2CCN(C(=O)OC(C)(C)C)CC2)c2ccc(OC)cc2)c(F)c1. The van der Waals surface area contributed by atoms with E-state index in [0.29, 0.717) is 37.6 Å². The average Bonchev–Trinajstić information content (AvgIpc) is 2.86. The van der Waals surface area contributed by atoms with E-state index in [-0.39, 0.29) is 23.7 Å². The Morgan fingerprint density at radius 3 is 2.08 bits per heavy atom. The number of benzene rings is 2. The number of hydrogen-bond donors (Lipinski definition) is 0. The topological polar surface area (TPSA) is 88.6 Å². The fourth-order valence-corrected chi connectivity index (χ4v) is 3.70. The molecule has 0 spiro atoms. The Kier molecular flexibility index (Phi) is 8.39. The van der Waals surface area contributed by atoms with Crippen molar-refractivity contribution in [2.45, 2.75) is 32.9 Å². The first-order valence-corrected chi connectivity index (χ1v) is 11.6. The van der Waals surface area contributed by atoms with Gasteiger partial charge in [-0.3, -0.25) is 4.90 Å². The van der Waals surface area contributed by atoms with Gasteiger partial charge in [0.1, 0.15) is 17.2 Å². The zero-order valence-electron chi connectivity index (χ0n) is 21.2. The molecular weight excluding hydrogens is 469 g/mol. The number of hydrogen-bond acceptors (Lipinski definition) is 6. The van der Waals surface area contributed by atoms with Gasteiger partial charge in [-0.1, -0.05) is 6.07 Å². The number of esters is 1. The van der Waals surface area contributed by atoms with Gasteiger partial charge < -0.3 is 24.0 Å². The predicted octanol–water partition coefficient (Wildman–Crippen LogP) is 4.30. The first kappa shape index (κ1) is 26.8. The minimum absolute atomic E-state index is 0.0648. The van der Waals surface area contributed by atoms with Crippen LogP contribution in [0.3, 0.4) is 0 Å². The van der Waals surface area contributed by atoms with Crippen LogP contribution in [0.2, 0.25) is 0 Å². The number of anilines is 1. The summed E-state index contributed by atoms with van der Waals surface area (Å²) in [6.45, 7) is 6.57. The number of piperazine rings is 1. The molecule has 2 aromatic rings. The van der Waals surface area contributed by atoms with Gasteiger partial charge in [0, 0.05) is 37.4 Å². The van der Waals surface area contributed by atoms with E-state index in [1.54, 1.807) is 61.9 Å². The van der Waals surface area contributed by atoms with Crippen LogP contribution in [0.5, 0.6) is 5.75 Å². The summed E-state index contributed by atoms with van der Waals surface area (Å²) >= 11 is 0. The third kappa shape index (κ3) is 6.65. The van der Waals surface area contributed by atoms with Gasteiger partial charge in [0.05, 0.1) is 26.3 Å². The van der Waals surface area contributed by atoms with Crippen LogP contribution >= 0.6 is 0 Å². The van der Waals surface area contributed by atoms with Crippen molar-refractivity contribution in [3.63, 3.8) is 0 Å². The van der Waals surface area contributed by atoms with Gasteiger partial charge in [-0.15, -0.1) is 0 Å². The first-order valence-electron chi connectivity index (χ1n) is 11.6. The van der Waals surface area contributed by atoms with E-state index in [9.17, 15) is 18.8 Å². The summed E-state index contributed by atoms with van der Waals surface area (Å²) in [5.74, 6) is -0.656. The highest BCUT2D eigenvalue weighted by atomic mass is 19.1. The van der Waals surface area contributed by atoms with Crippen molar-refractivity contribution < 1.29 is 33.0 Å². The predicted molar refractivity (Wildman–Crippen MR) is 132 cm³/mol. The summed E-state index contributed by atoms with van der Waals surface area (Å²) < 4.78 is 30.2. The molecule has 0 aromatic heterocycles. The van der Waals surface area contributed by atoms with E-state index in [1.165, 1.54) is 24.1 Å². The fraction of sp³-hybridized carbons (Fsp3) is 0.423. The Morgan fingerprint density at radius 2 is 1.56 bits per heavy atom. The lowest BCUT2D eigenvalue weighted by Gasteiger charge is -2.38. The van der Waals surface area contributed by atoms with Gasteiger partial charge in [-0.25, -0.2) is 18.8 Å². The molecule has 0 atom stereocenters. The third-order valence-corrected chi connectivity index (χ3v) is 5.62. The molecule has 1 fully saturated rings. The Bertz CT molecular complexity index is 1090. The lowest BCUT2D eigenvalue weighted by Crippen LogP contribution is -2.54. The monoisotopic (exact) mass is 501 g/mol. The Hall–Kier alpha value is -3.82. The molecular formula is C26H32FN3O6. The summed E-state index contributed by atoms with van der Waals surface area (Å²) in [5.41, 5.74) is 0.258. The van der Waals surface area contributed by atoms with E-state index in [0.717, 1.165) is 6.07 Å². The van der Waals surface area contributed by atoms with Crippen LogP contribution in [0.1, 0.15) is 36.7 Å². The van der Waals surface area contributed by atoms with Gasteiger partial charge in [-0.05, 0) is 57.2 Å². The largest absolute Gasteiger partial charge is 0.497 e. The Labute approximate surface area is 210 Å². The maximum Gasteiger partial charge on any atom is 0.410 e. The summed E-state index contributed by atoms with van der Waals surface area (Å²) in [4.78, 5) is 42.3. The first-order chi connectivity index (χ1) is 17.0. The maximum atomic E-state index is 14.9. The molecule has 194 valence electrons. The minimum Gasteiger partial charge on any atom is -0.497 e. The van der Waals surface area contributed by atoms with Gasteiger partial charge in [0.2, 0.25) is 0 Å². The molecule has 1 aliphatic heterocycles. The quantitative estimate of drug-likeness (QED) is 0.568. The summed E-state index contributed by atoms with van der Waals surface area (Å²) in [7, 11) is 2.76. The molecule has 0 unspecified atom stereocenters. The van der Waals surface area contributed by atoms with E-state index in [1.807, 2.05) is 0 Å². The number of carbonyl (C=O) groups excluding carboxylic acids is 3. The highest BCUT2D eigenvalue weighted by Crippen LogP contribution is 2.25. The van der Waals surface area contributed by atoms with Crippen LogP contribution in [0, 0.1) is 5.82 Å². The number of nitrogens with zero attached hydrogens (tertiary/aromatic N) is 3. The average molecular weight is 502 g/mol. The van der Waals surface area contributed by atoms with Crippen LogP contribution in [0.15, 0.2) is 42.5 Å². The molecule has 36 heavy (non-hydrogen) atoms. The van der Waals surface area contributed by atoms with E-state index < -0.39 is 23.5 Å². The van der Waals surface area contributed by atoms with Crippen molar-refractivity contribution in [1.82, 2.24) is 9.80 Å².